The fourth-order valence-corrected chi connectivity index (χ4v) is 3.48. The number of likely N-dealkylation sites (N-methyl/N-ethyl adjacent to an activating group) is 1. The maximum Gasteiger partial charge on any atom is 0.270 e. The van der Waals surface area contributed by atoms with Gasteiger partial charge >= 0.3 is 0 Å². The summed E-state index contributed by atoms with van der Waals surface area (Å²) in [5.74, 6) is 1.44. The number of hydrogen-bond acceptors (Lipinski definition) is 6. The largest absolute Gasteiger partial charge is 0.494 e. The Labute approximate surface area is 162 Å². The van der Waals surface area contributed by atoms with Crippen molar-refractivity contribution in [1.82, 2.24) is 15.2 Å². The maximum absolute atomic E-state index is 12.5. The number of furan rings is 1. The van der Waals surface area contributed by atoms with Gasteiger partial charge in [-0.05, 0) is 57.4 Å². The number of ether oxygens (including phenoxy) is 1. The number of thiazole rings is 1. The topological polar surface area (TPSA) is 67.6 Å². The molecule has 27 heavy (non-hydrogen) atoms. The lowest BCUT2D eigenvalue weighted by atomic mass is 10.2. The first-order valence-corrected chi connectivity index (χ1v) is 9.63. The van der Waals surface area contributed by atoms with E-state index < -0.39 is 0 Å². The zero-order valence-corrected chi connectivity index (χ0v) is 16.5. The number of carbonyl (C=O) groups excluding carboxylic acids is 1. The number of carbonyl (C=O) groups is 1. The van der Waals surface area contributed by atoms with Crippen molar-refractivity contribution in [1.29, 1.82) is 0 Å². The number of rotatable bonds is 8. The van der Waals surface area contributed by atoms with Crippen LogP contribution in [0.3, 0.4) is 0 Å². The highest BCUT2D eigenvalue weighted by molar-refractivity contribution is 7.13. The highest BCUT2D eigenvalue weighted by Gasteiger charge is 2.19. The van der Waals surface area contributed by atoms with E-state index in [0.29, 0.717) is 18.8 Å². The maximum atomic E-state index is 12.5. The van der Waals surface area contributed by atoms with Gasteiger partial charge in [-0.2, -0.15) is 0 Å². The molecule has 0 radical (unpaired) electrons. The first kappa shape index (κ1) is 19.1. The SMILES string of the molecule is CCOc1ccc(-c2nc(C(=O)NCC(c3ccco3)N(C)C)cs2)cc1. The summed E-state index contributed by atoms with van der Waals surface area (Å²) in [6.45, 7) is 3.02. The van der Waals surface area contributed by atoms with Gasteiger partial charge in [-0.3, -0.25) is 9.69 Å². The van der Waals surface area contributed by atoms with Crippen LogP contribution in [0, 0.1) is 0 Å². The third kappa shape index (κ3) is 4.75. The molecule has 1 aromatic carbocycles. The number of aromatic nitrogens is 1. The Bertz CT molecular complexity index is 857. The average Bonchev–Trinajstić information content (AvgIpc) is 3.35. The molecule has 0 spiro atoms. The van der Waals surface area contributed by atoms with E-state index in [0.717, 1.165) is 22.1 Å². The van der Waals surface area contributed by atoms with Crippen LogP contribution in [0.5, 0.6) is 5.75 Å². The molecular weight excluding hydrogens is 362 g/mol. The first-order valence-electron chi connectivity index (χ1n) is 8.75. The Hall–Kier alpha value is -2.64. The van der Waals surface area contributed by atoms with Crippen LogP contribution < -0.4 is 10.1 Å². The molecule has 0 bridgehead atoms. The minimum atomic E-state index is -0.193. The normalized spacial score (nSPS) is 12.1. The van der Waals surface area contributed by atoms with Crippen LogP contribution in [-0.4, -0.2) is 43.0 Å². The standard InChI is InChI=1S/C20H23N3O3S/c1-4-25-15-9-7-14(8-10-15)20-22-16(13-27-20)19(24)21-12-17(23(2)3)18-6-5-11-26-18/h5-11,13,17H,4,12H2,1-3H3,(H,21,24). The van der Waals surface area contributed by atoms with Gasteiger partial charge in [0.25, 0.3) is 5.91 Å². The molecule has 2 heterocycles. The van der Waals surface area contributed by atoms with Crippen molar-refractivity contribution < 1.29 is 13.9 Å². The third-order valence-corrected chi connectivity index (χ3v) is 4.99. The van der Waals surface area contributed by atoms with Gasteiger partial charge in [0.15, 0.2) is 0 Å². The van der Waals surface area contributed by atoms with Crippen molar-refractivity contribution in [3.63, 3.8) is 0 Å². The molecule has 3 aromatic rings. The Morgan fingerprint density at radius 1 is 1.30 bits per heavy atom. The Morgan fingerprint density at radius 3 is 2.70 bits per heavy atom. The second-order valence-corrected chi connectivity index (χ2v) is 7.06. The quantitative estimate of drug-likeness (QED) is 0.638. The lowest BCUT2D eigenvalue weighted by Gasteiger charge is -2.22. The molecule has 3 rings (SSSR count). The molecule has 0 saturated heterocycles. The summed E-state index contributed by atoms with van der Waals surface area (Å²) in [6.07, 6.45) is 1.64. The second-order valence-electron chi connectivity index (χ2n) is 6.20. The molecular formula is C20H23N3O3S. The number of nitrogens with zero attached hydrogens (tertiary/aromatic N) is 2. The van der Waals surface area contributed by atoms with Crippen molar-refractivity contribution in [3.8, 4) is 16.3 Å². The number of nitrogens with one attached hydrogen (secondary N) is 1. The van der Waals surface area contributed by atoms with E-state index in [1.165, 1.54) is 11.3 Å². The lowest BCUT2D eigenvalue weighted by molar-refractivity contribution is 0.0935. The fraction of sp³-hybridized carbons (Fsp3) is 0.300. The Balaban J connectivity index is 1.64. The van der Waals surface area contributed by atoms with Crippen LogP contribution in [0.2, 0.25) is 0 Å². The molecule has 1 amide bonds. The smallest absolute Gasteiger partial charge is 0.270 e. The average molecular weight is 385 g/mol. The monoisotopic (exact) mass is 385 g/mol. The molecule has 1 atom stereocenters. The molecule has 1 N–H and O–H groups in total. The van der Waals surface area contributed by atoms with Gasteiger partial charge in [-0.15, -0.1) is 11.3 Å². The van der Waals surface area contributed by atoms with Crippen LogP contribution in [0.4, 0.5) is 0 Å². The summed E-state index contributed by atoms with van der Waals surface area (Å²) < 4.78 is 10.9. The summed E-state index contributed by atoms with van der Waals surface area (Å²) in [4.78, 5) is 19.0. The van der Waals surface area contributed by atoms with E-state index in [1.807, 2.05) is 62.3 Å². The highest BCUT2D eigenvalue weighted by Crippen LogP contribution is 2.26. The van der Waals surface area contributed by atoms with Gasteiger partial charge in [0.2, 0.25) is 0 Å². The van der Waals surface area contributed by atoms with E-state index in [2.05, 4.69) is 10.3 Å². The van der Waals surface area contributed by atoms with E-state index in [9.17, 15) is 4.79 Å². The first-order chi connectivity index (χ1) is 13.1. The zero-order chi connectivity index (χ0) is 19.2. The molecule has 0 aliphatic carbocycles. The van der Waals surface area contributed by atoms with Crippen molar-refractivity contribution in [3.05, 3.63) is 59.5 Å². The van der Waals surface area contributed by atoms with Gasteiger partial charge in [-0.1, -0.05) is 0 Å². The highest BCUT2D eigenvalue weighted by atomic mass is 32.1. The minimum Gasteiger partial charge on any atom is -0.494 e. The van der Waals surface area contributed by atoms with E-state index >= 15 is 0 Å². The van der Waals surface area contributed by atoms with E-state index in [1.54, 1.807) is 11.6 Å². The molecule has 7 heteroatoms. The molecule has 6 nitrogen and oxygen atoms in total. The van der Waals surface area contributed by atoms with Crippen molar-refractivity contribution in [2.75, 3.05) is 27.2 Å². The second kappa shape index (κ2) is 8.83. The summed E-state index contributed by atoms with van der Waals surface area (Å²) in [6, 6.07) is 11.4. The fourth-order valence-electron chi connectivity index (χ4n) is 2.67. The van der Waals surface area contributed by atoms with Crippen molar-refractivity contribution in [2.24, 2.45) is 0 Å². The number of benzene rings is 1. The van der Waals surface area contributed by atoms with Crippen LogP contribution >= 0.6 is 11.3 Å². The number of hydrogen-bond donors (Lipinski definition) is 1. The number of amides is 1. The molecule has 0 aliphatic rings. The van der Waals surface area contributed by atoms with Crippen LogP contribution in [-0.2, 0) is 0 Å². The molecule has 1 unspecified atom stereocenters. The van der Waals surface area contributed by atoms with Crippen molar-refractivity contribution in [2.45, 2.75) is 13.0 Å². The molecule has 0 aliphatic heterocycles. The lowest BCUT2D eigenvalue weighted by Crippen LogP contribution is -2.34. The summed E-state index contributed by atoms with van der Waals surface area (Å²) >= 11 is 1.45. The van der Waals surface area contributed by atoms with Gasteiger partial charge < -0.3 is 14.5 Å². The van der Waals surface area contributed by atoms with Crippen molar-refractivity contribution >= 4 is 17.2 Å². The predicted octanol–water partition coefficient (Wildman–Crippen LogP) is 3.83. The molecule has 2 aromatic heterocycles. The van der Waals surface area contributed by atoms with Gasteiger partial charge in [0.1, 0.15) is 22.2 Å². The Morgan fingerprint density at radius 2 is 2.07 bits per heavy atom. The summed E-state index contributed by atoms with van der Waals surface area (Å²) in [5, 5.41) is 5.52. The Kier molecular flexibility index (Phi) is 6.26. The molecule has 142 valence electrons. The van der Waals surface area contributed by atoms with Gasteiger partial charge in [0.05, 0.1) is 18.9 Å². The third-order valence-electron chi connectivity index (χ3n) is 4.10. The minimum absolute atomic E-state index is 0.0341. The zero-order valence-electron chi connectivity index (χ0n) is 15.6. The summed E-state index contributed by atoms with van der Waals surface area (Å²) in [5.41, 5.74) is 1.38. The molecule has 0 saturated carbocycles. The summed E-state index contributed by atoms with van der Waals surface area (Å²) in [7, 11) is 3.90. The predicted molar refractivity (Wildman–Crippen MR) is 106 cm³/mol. The van der Waals surface area contributed by atoms with Gasteiger partial charge in [0, 0.05) is 17.5 Å². The van der Waals surface area contributed by atoms with E-state index in [4.69, 9.17) is 9.15 Å². The van der Waals surface area contributed by atoms with E-state index in [-0.39, 0.29) is 11.9 Å². The molecule has 0 fully saturated rings. The van der Waals surface area contributed by atoms with Crippen LogP contribution in [0.25, 0.3) is 10.6 Å². The van der Waals surface area contributed by atoms with Crippen LogP contribution in [0.1, 0.15) is 29.2 Å². The van der Waals surface area contributed by atoms with Crippen LogP contribution in [0.15, 0.2) is 52.5 Å². The van der Waals surface area contributed by atoms with Gasteiger partial charge in [-0.25, -0.2) is 4.98 Å².